The lowest BCUT2D eigenvalue weighted by Gasteiger charge is -2.23. The van der Waals surface area contributed by atoms with Crippen molar-refractivity contribution in [2.24, 2.45) is 11.7 Å². The molecule has 0 spiro atoms. The molecule has 0 aliphatic carbocycles. The van der Waals surface area contributed by atoms with Gasteiger partial charge in [-0.05, 0) is 12.5 Å². The van der Waals surface area contributed by atoms with E-state index in [-0.39, 0.29) is 24.2 Å². The molecule has 1 unspecified atom stereocenters. The summed E-state index contributed by atoms with van der Waals surface area (Å²) in [7, 11) is 0. The van der Waals surface area contributed by atoms with Crippen LogP contribution in [0.3, 0.4) is 0 Å². The predicted molar refractivity (Wildman–Crippen MR) is 73.0 cm³/mol. The first-order chi connectivity index (χ1) is 7.69. The second-order valence-corrected chi connectivity index (χ2v) is 3.97. The monoisotopic (exact) mass is 256 g/mol. The molecule has 17 heavy (non-hydrogen) atoms. The third-order valence-corrected chi connectivity index (χ3v) is 2.68. The van der Waals surface area contributed by atoms with Crippen LogP contribution in [0.4, 0.5) is 0 Å². The second kappa shape index (κ2) is 8.09. The molecule has 0 aliphatic rings. The van der Waals surface area contributed by atoms with Crippen LogP contribution in [0, 0.1) is 5.92 Å². The van der Waals surface area contributed by atoms with Crippen molar-refractivity contribution in [3.8, 4) is 0 Å². The zero-order valence-corrected chi connectivity index (χ0v) is 11.2. The van der Waals surface area contributed by atoms with E-state index >= 15 is 0 Å². The molecule has 1 amide bonds. The van der Waals surface area contributed by atoms with Crippen molar-refractivity contribution in [1.29, 1.82) is 0 Å². The molecule has 1 atom stereocenters. The number of hydrogen-bond acceptors (Lipinski definition) is 2. The molecule has 3 nitrogen and oxygen atoms in total. The first kappa shape index (κ1) is 15.9. The van der Waals surface area contributed by atoms with Gasteiger partial charge in [-0.2, -0.15) is 0 Å². The van der Waals surface area contributed by atoms with Crippen molar-refractivity contribution in [3.05, 3.63) is 35.9 Å². The topological polar surface area (TPSA) is 46.3 Å². The molecule has 1 aromatic rings. The minimum atomic E-state index is -0.0938. The Kier molecular flexibility index (Phi) is 7.59. The predicted octanol–water partition coefficient (Wildman–Crippen LogP) is 2.05. The molecule has 0 saturated carbocycles. The Hall–Kier alpha value is -1.06. The number of nitrogens with two attached hydrogens (primary N) is 1. The highest BCUT2D eigenvalue weighted by atomic mass is 35.5. The van der Waals surface area contributed by atoms with Crippen molar-refractivity contribution in [2.75, 3.05) is 13.1 Å². The number of amides is 1. The lowest BCUT2D eigenvalue weighted by atomic mass is 10.1. The van der Waals surface area contributed by atoms with Gasteiger partial charge in [-0.3, -0.25) is 4.79 Å². The minimum absolute atomic E-state index is 0. The van der Waals surface area contributed by atoms with Gasteiger partial charge < -0.3 is 10.6 Å². The second-order valence-electron chi connectivity index (χ2n) is 3.97. The molecular weight excluding hydrogens is 236 g/mol. The van der Waals surface area contributed by atoms with E-state index in [1.54, 1.807) is 0 Å². The van der Waals surface area contributed by atoms with E-state index in [0.29, 0.717) is 13.1 Å². The standard InChI is InChI=1S/C13H20N2O.ClH/c1-3-15(13(16)11(2)9-14)10-12-7-5-4-6-8-12;/h4-8,11H,3,9-10,14H2,1-2H3;1H. The zero-order valence-electron chi connectivity index (χ0n) is 10.4. The molecule has 0 heterocycles. The first-order valence-corrected chi connectivity index (χ1v) is 5.71. The quantitative estimate of drug-likeness (QED) is 0.877. The SMILES string of the molecule is CCN(Cc1ccccc1)C(=O)C(C)CN.Cl. The first-order valence-electron chi connectivity index (χ1n) is 5.71. The summed E-state index contributed by atoms with van der Waals surface area (Å²) >= 11 is 0. The summed E-state index contributed by atoms with van der Waals surface area (Å²) in [4.78, 5) is 13.8. The summed E-state index contributed by atoms with van der Waals surface area (Å²) < 4.78 is 0. The van der Waals surface area contributed by atoms with E-state index in [4.69, 9.17) is 5.73 Å². The average Bonchev–Trinajstić information content (AvgIpc) is 2.35. The molecule has 96 valence electrons. The number of benzene rings is 1. The molecule has 0 saturated heterocycles. The number of nitrogens with zero attached hydrogens (tertiary/aromatic N) is 1. The Balaban J connectivity index is 0.00000256. The van der Waals surface area contributed by atoms with Crippen molar-refractivity contribution in [2.45, 2.75) is 20.4 Å². The van der Waals surface area contributed by atoms with Crippen molar-refractivity contribution >= 4 is 18.3 Å². The lowest BCUT2D eigenvalue weighted by molar-refractivity contribution is -0.135. The van der Waals surface area contributed by atoms with Gasteiger partial charge >= 0.3 is 0 Å². The number of rotatable bonds is 5. The van der Waals surface area contributed by atoms with E-state index in [1.807, 2.05) is 49.1 Å². The molecule has 1 aromatic carbocycles. The zero-order chi connectivity index (χ0) is 12.0. The normalized spacial score (nSPS) is 11.5. The number of halogens is 1. The van der Waals surface area contributed by atoms with Crippen LogP contribution in [0.15, 0.2) is 30.3 Å². The Labute approximate surface area is 109 Å². The van der Waals surface area contributed by atoms with E-state index in [9.17, 15) is 4.79 Å². The smallest absolute Gasteiger partial charge is 0.226 e. The van der Waals surface area contributed by atoms with Crippen LogP contribution in [0.25, 0.3) is 0 Å². The Bertz CT molecular complexity index is 329. The maximum absolute atomic E-state index is 12.0. The van der Waals surface area contributed by atoms with Crippen LogP contribution < -0.4 is 5.73 Å². The van der Waals surface area contributed by atoms with Gasteiger partial charge in [-0.25, -0.2) is 0 Å². The van der Waals surface area contributed by atoms with Gasteiger partial charge in [0.05, 0.1) is 0 Å². The van der Waals surface area contributed by atoms with E-state index < -0.39 is 0 Å². The maximum Gasteiger partial charge on any atom is 0.226 e. The van der Waals surface area contributed by atoms with Crippen LogP contribution in [0.2, 0.25) is 0 Å². The Morgan fingerprint density at radius 2 is 1.94 bits per heavy atom. The summed E-state index contributed by atoms with van der Waals surface area (Å²) in [6.45, 7) is 5.66. The van der Waals surface area contributed by atoms with Gasteiger partial charge in [0.25, 0.3) is 0 Å². The van der Waals surface area contributed by atoms with Gasteiger partial charge in [0.2, 0.25) is 5.91 Å². The molecule has 0 aliphatic heterocycles. The van der Waals surface area contributed by atoms with Crippen LogP contribution in [0.5, 0.6) is 0 Å². The fourth-order valence-electron chi connectivity index (χ4n) is 1.56. The van der Waals surface area contributed by atoms with Crippen molar-refractivity contribution < 1.29 is 4.79 Å². The molecule has 2 N–H and O–H groups in total. The van der Waals surface area contributed by atoms with Gasteiger partial charge in [0, 0.05) is 25.6 Å². The molecular formula is C13H21ClN2O. The maximum atomic E-state index is 12.0. The Morgan fingerprint density at radius 1 is 1.35 bits per heavy atom. The average molecular weight is 257 g/mol. The molecule has 0 fully saturated rings. The highest BCUT2D eigenvalue weighted by molar-refractivity contribution is 5.85. The summed E-state index contributed by atoms with van der Waals surface area (Å²) in [5, 5.41) is 0. The number of carbonyl (C=O) groups excluding carboxylic acids is 1. The Morgan fingerprint density at radius 3 is 2.41 bits per heavy atom. The molecule has 1 rings (SSSR count). The summed E-state index contributed by atoms with van der Waals surface area (Å²) in [6, 6.07) is 10.0. The lowest BCUT2D eigenvalue weighted by Crippen LogP contribution is -2.37. The molecule has 0 aromatic heterocycles. The third-order valence-electron chi connectivity index (χ3n) is 2.68. The van der Waals surface area contributed by atoms with E-state index in [2.05, 4.69) is 0 Å². The number of carbonyl (C=O) groups is 1. The summed E-state index contributed by atoms with van der Waals surface area (Å²) in [6.07, 6.45) is 0. The van der Waals surface area contributed by atoms with Crippen molar-refractivity contribution in [3.63, 3.8) is 0 Å². The largest absolute Gasteiger partial charge is 0.338 e. The van der Waals surface area contributed by atoms with Gasteiger partial charge in [-0.1, -0.05) is 37.3 Å². The van der Waals surface area contributed by atoms with Gasteiger partial charge in [0.1, 0.15) is 0 Å². The fraction of sp³-hybridized carbons (Fsp3) is 0.462. The van der Waals surface area contributed by atoms with Crippen LogP contribution >= 0.6 is 12.4 Å². The van der Waals surface area contributed by atoms with Crippen LogP contribution in [0.1, 0.15) is 19.4 Å². The fourth-order valence-corrected chi connectivity index (χ4v) is 1.56. The van der Waals surface area contributed by atoms with E-state index in [1.165, 1.54) is 0 Å². The summed E-state index contributed by atoms with van der Waals surface area (Å²) in [5.74, 6) is 0.0394. The van der Waals surface area contributed by atoms with E-state index in [0.717, 1.165) is 12.1 Å². The third kappa shape index (κ3) is 4.75. The van der Waals surface area contributed by atoms with Crippen molar-refractivity contribution in [1.82, 2.24) is 4.90 Å². The molecule has 0 radical (unpaired) electrons. The minimum Gasteiger partial charge on any atom is -0.338 e. The van der Waals surface area contributed by atoms with Gasteiger partial charge in [-0.15, -0.1) is 12.4 Å². The highest BCUT2D eigenvalue weighted by Gasteiger charge is 2.17. The highest BCUT2D eigenvalue weighted by Crippen LogP contribution is 2.08. The van der Waals surface area contributed by atoms with Crippen LogP contribution in [-0.2, 0) is 11.3 Å². The van der Waals surface area contributed by atoms with Gasteiger partial charge in [0.15, 0.2) is 0 Å². The molecule has 4 heteroatoms. The number of hydrogen-bond donors (Lipinski definition) is 1. The molecule has 0 bridgehead atoms. The summed E-state index contributed by atoms with van der Waals surface area (Å²) in [5.41, 5.74) is 6.67. The van der Waals surface area contributed by atoms with Crippen LogP contribution in [-0.4, -0.2) is 23.9 Å².